The molecule has 186 valence electrons. The number of nitrogens with one attached hydrogen (secondary N) is 3. The van der Waals surface area contributed by atoms with Gasteiger partial charge in [0.15, 0.2) is 0 Å². The number of benzene rings is 2. The number of aromatic nitrogens is 3. The second-order valence-corrected chi connectivity index (χ2v) is 9.64. The highest BCUT2D eigenvalue weighted by molar-refractivity contribution is 9.10. The number of hydrogen-bond donors (Lipinski definition) is 3. The first-order valence-electron chi connectivity index (χ1n) is 11.6. The van der Waals surface area contributed by atoms with Gasteiger partial charge in [0.2, 0.25) is 5.95 Å². The number of fused-ring (bicyclic) bond motifs is 1. The number of nitrogens with zero attached hydrogens (tertiary/aromatic N) is 3. The Hall–Kier alpha value is -3.47. The topological polar surface area (TPSA) is 102 Å². The number of pyridine rings is 1. The number of carbonyl (C=O) groups is 1. The van der Waals surface area contributed by atoms with Crippen LogP contribution in [0.15, 0.2) is 65.3 Å². The standard InChI is InChI=1S/C26H27BrN6O3/c1-33-24-8-7-20(12-22(24)32-26(33)31-17-5-3-16(27)4-6-17)36-21-9-10-28-23(13-21)25(34)30-18-11-19(15-35-2)29-14-18/h3-10,12-13,18-19,29H,11,14-15H2,1-2H3,(H,30,34)(H,31,32)/t18-,19-/m1/s1. The summed E-state index contributed by atoms with van der Waals surface area (Å²) in [6.07, 6.45) is 2.39. The van der Waals surface area contributed by atoms with Crippen molar-refractivity contribution >= 4 is 44.5 Å². The summed E-state index contributed by atoms with van der Waals surface area (Å²) in [6.45, 7) is 1.33. The molecule has 3 N–H and O–H groups in total. The summed E-state index contributed by atoms with van der Waals surface area (Å²) in [5.74, 6) is 1.65. The van der Waals surface area contributed by atoms with Crippen molar-refractivity contribution in [3.63, 3.8) is 0 Å². The van der Waals surface area contributed by atoms with Gasteiger partial charge in [-0.2, -0.15) is 0 Å². The van der Waals surface area contributed by atoms with Gasteiger partial charge >= 0.3 is 0 Å². The first-order chi connectivity index (χ1) is 17.5. The summed E-state index contributed by atoms with van der Waals surface area (Å²) in [6, 6.07) is 17.3. The Kier molecular flexibility index (Phi) is 7.17. The first kappa shape index (κ1) is 24.2. The molecule has 0 saturated carbocycles. The summed E-state index contributed by atoms with van der Waals surface area (Å²) < 4.78 is 14.2. The van der Waals surface area contributed by atoms with E-state index in [-0.39, 0.29) is 18.0 Å². The third-order valence-electron chi connectivity index (χ3n) is 6.08. The maximum Gasteiger partial charge on any atom is 0.270 e. The molecule has 36 heavy (non-hydrogen) atoms. The van der Waals surface area contributed by atoms with Gasteiger partial charge in [0.05, 0.1) is 17.6 Å². The van der Waals surface area contributed by atoms with Crippen LogP contribution in [0.25, 0.3) is 11.0 Å². The predicted molar refractivity (Wildman–Crippen MR) is 142 cm³/mol. The van der Waals surface area contributed by atoms with Gasteiger partial charge in [0.25, 0.3) is 5.91 Å². The van der Waals surface area contributed by atoms with Gasteiger partial charge in [-0.3, -0.25) is 9.78 Å². The molecule has 2 atom stereocenters. The van der Waals surface area contributed by atoms with Crippen LogP contribution in [0.2, 0.25) is 0 Å². The maximum absolute atomic E-state index is 12.7. The zero-order chi connectivity index (χ0) is 25.1. The van der Waals surface area contributed by atoms with Crippen molar-refractivity contribution in [2.45, 2.75) is 18.5 Å². The van der Waals surface area contributed by atoms with Crippen molar-refractivity contribution in [1.82, 2.24) is 25.2 Å². The van der Waals surface area contributed by atoms with Crippen LogP contribution in [0.1, 0.15) is 16.9 Å². The summed E-state index contributed by atoms with van der Waals surface area (Å²) in [4.78, 5) is 21.7. The van der Waals surface area contributed by atoms with Gasteiger partial charge in [0.1, 0.15) is 17.2 Å². The molecule has 1 aliphatic rings. The molecule has 1 aliphatic heterocycles. The van der Waals surface area contributed by atoms with Crippen LogP contribution >= 0.6 is 15.9 Å². The largest absolute Gasteiger partial charge is 0.457 e. The predicted octanol–water partition coefficient (Wildman–Crippen LogP) is 4.37. The summed E-state index contributed by atoms with van der Waals surface area (Å²) >= 11 is 3.45. The Bertz CT molecular complexity index is 1370. The smallest absolute Gasteiger partial charge is 0.270 e. The van der Waals surface area contributed by atoms with E-state index in [1.807, 2.05) is 54.1 Å². The lowest BCUT2D eigenvalue weighted by Gasteiger charge is -2.12. The number of hydrogen-bond acceptors (Lipinski definition) is 7. The molecule has 0 aliphatic carbocycles. The minimum absolute atomic E-state index is 0.0378. The fourth-order valence-corrected chi connectivity index (χ4v) is 4.53. The van der Waals surface area contributed by atoms with Crippen LogP contribution in [0, 0.1) is 0 Å². The van der Waals surface area contributed by atoms with Crippen molar-refractivity contribution < 1.29 is 14.3 Å². The number of ether oxygens (including phenoxy) is 2. The number of methoxy groups -OCH3 is 1. The lowest BCUT2D eigenvalue weighted by atomic mass is 10.2. The van der Waals surface area contributed by atoms with Crippen LogP contribution in [0.4, 0.5) is 11.6 Å². The Morgan fingerprint density at radius 3 is 2.78 bits per heavy atom. The fraction of sp³-hybridized carbons (Fsp3) is 0.269. The molecule has 0 unspecified atom stereocenters. The Labute approximate surface area is 217 Å². The van der Waals surface area contributed by atoms with Crippen LogP contribution in [0.5, 0.6) is 11.5 Å². The number of rotatable bonds is 8. The number of carbonyl (C=O) groups excluding carboxylic acids is 1. The van der Waals surface area contributed by atoms with Gasteiger partial charge in [-0.1, -0.05) is 15.9 Å². The normalized spacial score (nSPS) is 17.3. The highest BCUT2D eigenvalue weighted by Gasteiger charge is 2.25. The van der Waals surface area contributed by atoms with Crippen LogP contribution in [-0.4, -0.2) is 52.8 Å². The zero-order valence-corrected chi connectivity index (χ0v) is 21.6. The average Bonchev–Trinajstić information content (AvgIpc) is 3.44. The third-order valence-corrected chi connectivity index (χ3v) is 6.61. The van der Waals surface area contributed by atoms with Gasteiger partial charge in [0, 0.05) is 61.3 Å². The number of imidazole rings is 1. The second kappa shape index (κ2) is 10.7. The lowest BCUT2D eigenvalue weighted by molar-refractivity contribution is 0.0933. The third kappa shape index (κ3) is 5.51. The minimum atomic E-state index is -0.228. The SMILES string of the molecule is COC[C@H]1C[C@@H](NC(=O)c2cc(Oc3ccc4c(c3)nc(Nc3ccc(Br)cc3)n4C)ccn2)CN1. The summed E-state index contributed by atoms with van der Waals surface area (Å²) in [5.41, 5.74) is 3.01. The van der Waals surface area contributed by atoms with E-state index in [4.69, 9.17) is 14.5 Å². The van der Waals surface area contributed by atoms with Gasteiger partial charge < -0.3 is 30.0 Å². The molecule has 5 rings (SSSR count). The molecular formula is C26H27BrN6O3. The molecule has 0 radical (unpaired) electrons. The number of anilines is 2. The number of aryl methyl sites for hydroxylation is 1. The average molecular weight is 551 g/mol. The number of halogens is 1. The number of amides is 1. The fourth-order valence-electron chi connectivity index (χ4n) is 4.27. The lowest BCUT2D eigenvalue weighted by Crippen LogP contribution is -2.36. The Morgan fingerprint density at radius 2 is 1.97 bits per heavy atom. The molecule has 0 bridgehead atoms. The van der Waals surface area contributed by atoms with Gasteiger partial charge in [-0.05, 0) is 48.9 Å². The molecule has 2 aromatic heterocycles. The molecule has 1 fully saturated rings. The van der Waals surface area contributed by atoms with Crippen molar-refractivity contribution in [2.24, 2.45) is 7.05 Å². The summed E-state index contributed by atoms with van der Waals surface area (Å²) in [5, 5.41) is 9.72. The monoisotopic (exact) mass is 550 g/mol. The molecule has 1 amide bonds. The van der Waals surface area contributed by atoms with Crippen LogP contribution < -0.4 is 20.7 Å². The van der Waals surface area contributed by atoms with Gasteiger partial charge in [-0.15, -0.1) is 0 Å². The highest BCUT2D eigenvalue weighted by atomic mass is 79.9. The van der Waals surface area contributed by atoms with Crippen molar-refractivity contribution in [3.8, 4) is 11.5 Å². The van der Waals surface area contributed by atoms with E-state index in [2.05, 4.69) is 36.9 Å². The molecule has 10 heteroatoms. The highest BCUT2D eigenvalue weighted by Crippen LogP contribution is 2.28. The van der Waals surface area contributed by atoms with Crippen molar-refractivity contribution in [1.29, 1.82) is 0 Å². The molecular weight excluding hydrogens is 524 g/mol. The van der Waals surface area contributed by atoms with E-state index in [1.54, 1.807) is 25.4 Å². The molecule has 2 aromatic carbocycles. The van der Waals surface area contributed by atoms with E-state index < -0.39 is 0 Å². The Morgan fingerprint density at radius 1 is 1.17 bits per heavy atom. The molecule has 3 heterocycles. The van der Waals surface area contributed by atoms with E-state index in [9.17, 15) is 4.79 Å². The molecule has 0 spiro atoms. The van der Waals surface area contributed by atoms with E-state index in [1.165, 1.54) is 0 Å². The Balaban J connectivity index is 1.27. The van der Waals surface area contributed by atoms with E-state index >= 15 is 0 Å². The zero-order valence-electron chi connectivity index (χ0n) is 20.0. The quantitative estimate of drug-likeness (QED) is 0.299. The van der Waals surface area contributed by atoms with E-state index in [0.29, 0.717) is 30.3 Å². The van der Waals surface area contributed by atoms with Crippen LogP contribution in [-0.2, 0) is 11.8 Å². The molecule has 4 aromatic rings. The van der Waals surface area contributed by atoms with Crippen molar-refractivity contribution in [2.75, 3.05) is 25.6 Å². The van der Waals surface area contributed by atoms with Crippen molar-refractivity contribution in [3.05, 3.63) is 71.0 Å². The van der Waals surface area contributed by atoms with Crippen LogP contribution in [0.3, 0.4) is 0 Å². The summed E-state index contributed by atoms with van der Waals surface area (Å²) in [7, 11) is 3.64. The minimum Gasteiger partial charge on any atom is -0.457 e. The second-order valence-electron chi connectivity index (χ2n) is 8.72. The first-order valence-corrected chi connectivity index (χ1v) is 12.4. The molecule has 9 nitrogen and oxygen atoms in total. The van der Waals surface area contributed by atoms with E-state index in [0.717, 1.165) is 33.6 Å². The molecule has 1 saturated heterocycles. The van der Waals surface area contributed by atoms with Gasteiger partial charge in [-0.25, -0.2) is 4.98 Å². The maximum atomic E-state index is 12.7.